The first-order valence-electron chi connectivity index (χ1n) is 6.01. The molecule has 1 atom stereocenters. The van der Waals surface area contributed by atoms with Crippen LogP contribution in [0, 0.1) is 16.1 Å². The molecule has 0 amide bonds. The second kappa shape index (κ2) is 9.28. The van der Waals surface area contributed by atoms with Crippen LogP contribution in [-0.4, -0.2) is 28.6 Å². The first-order valence-corrected chi connectivity index (χ1v) is 10.0. The molecule has 24 heavy (non-hydrogen) atoms. The highest BCUT2D eigenvalue weighted by atomic mass is 127. The lowest BCUT2D eigenvalue weighted by atomic mass is 10.1. The van der Waals surface area contributed by atoms with E-state index in [1.807, 2.05) is 45.2 Å². The molecule has 0 aliphatic carbocycles. The highest BCUT2D eigenvalue weighted by molar-refractivity contribution is 14.1. The quantitative estimate of drug-likeness (QED) is 0.121. The summed E-state index contributed by atoms with van der Waals surface area (Å²) in [5.41, 5.74) is 0.292. The molecule has 0 heterocycles. The van der Waals surface area contributed by atoms with Crippen molar-refractivity contribution in [2.24, 2.45) is 0 Å². The van der Waals surface area contributed by atoms with E-state index in [4.69, 9.17) is 38.1 Å². The number of ether oxygens (including phenoxy) is 2. The minimum atomic E-state index is -1.02. The molecule has 1 aromatic rings. The highest BCUT2D eigenvalue weighted by Gasteiger charge is 2.29. The Hall–Kier alpha value is 0.270. The van der Waals surface area contributed by atoms with E-state index in [-0.39, 0.29) is 22.6 Å². The van der Waals surface area contributed by atoms with E-state index in [1.54, 1.807) is 22.6 Å². The summed E-state index contributed by atoms with van der Waals surface area (Å²) in [6.45, 7) is 2.64. The maximum absolute atomic E-state index is 11.7. The zero-order chi connectivity index (χ0) is 18.8. The summed E-state index contributed by atoms with van der Waals surface area (Å²) in [5, 5.41) is 6.52. The van der Waals surface area contributed by atoms with E-state index >= 15 is 0 Å². The molecule has 0 saturated heterocycles. The van der Waals surface area contributed by atoms with E-state index in [0.717, 1.165) is 0 Å². The molecule has 1 rings (SSSR count). The number of esters is 1. The Morgan fingerprint density at radius 1 is 0.917 bits per heavy atom. The third-order valence-electron chi connectivity index (χ3n) is 2.55. The van der Waals surface area contributed by atoms with Crippen molar-refractivity contribution in [3.8, 4) is 0 Å². The summed E-state index contributed by atoms with van der Waals surface area (Å²) in [6, 6.07) is 0. The monoisotopic (exact) mass is 709 g/mol. The molecule has 0 spiro atoms. The Morgan fingerprint density at radius 2 is 1.29 bits per heavy atom. The molecule has 0 radical (unpaired) electrons. The average molecular weight is 710 g/mol. The standard InChI is InChI=1S/C13H8Cl2I3NO5/c1-3(20)23-4(2)24-13(19)7-9(17)5(11(14)21)8(16)6(10(7)18)12(15)22/h4,19H,1-2H3/t4-/m1/s1. The molecule has 11 heteroatoms. The lowest BCUT2D eigenvalue weighted by Crippen LogP contribution is -2.23. The molecule has 0 unspecified atom stereocenters. The van der Waals surface area contributed by atoms with Crippen molar-refractivity contribution in [1.29, 1.82) is 5.41 Å². The largest absolute Gasteiger partial charge is 0.438 e. The summed E-state index contributed by atoms with van der Waals surface area (Å²) in [7, 11) is 0. The predicted molar refractivity (Wildman–Crippen MR) is 114 cm³/mol. The number of rotatable bonds is 5. The van der Waals surface area contributed by atoms with Gasteiger partial charge in [0.25, 0.3) is 10.5 Å². The van der Waals surface area contributed by atoms with Gasteiger partial charge in [0, 0.05) is 24.6 Å². The van der Waals surface area contributed by atoms with Gasteiger partial charge in [-0.2, -0.15) is 0 Å². The van der Waals surface area contributed by atoms with Crippen molar-refractivity contribution in [3.63, 3.8) is 0 Å². The van der Waals surface area contributed by atoms with Crippen LogP contribution in [-0.2, 0) is 14.3 Å². The van der Waals surface area contributed by atoms with Gasteiger partial charge in [-0.1, -0.05) is 0 Å². The SMILES string of the molecule is CC(=O)O[C@@H](C)OC(=N)c1c(I)c(C(=O)Cl)c(I)c(C(=O)Cl)c1I. The Bertz CT molecular complexity index is 713. The second-order valence-corrected chi connectivity index (χ2v) is 8.16. The summed E-state index contributed by atoms with van der Waals surface area (Å²) in [4.78, 5) is 34.4. The van der Waals surface area contributed by atoms with Crippen LogP contribution in [0.25, 0.3) is 0 Å². The fraction of sp³-hybridized carbons (Fsp3) is 0.231. The molecule has 0 aliphatic heterocycles. The van der Waals surface area contributed by atoms with E-state index < -0.39 is 22.7 Å². The molecular weight excluding hydrogens is 702 g/mol. The molecule has 1 N–H and O–H groups in total. The van der Waals surface area contributed by atoms with E-state index in [2.05, 4.69) is 0 Å². The van der Waals surface area contributed by atoms with Crippen LogP contribution in [0.3, 0.4) is 0 Å². The topological polar surface area (TPSA) is 93.5 Å². The minimum absolute atomic E-state index is 0.0609. The number of benzene rings is 1. The van der Waals surface area contributed by atoms with Gasteiger partial charge in [0.2, 0.25) is 12.2 Å². The average Bonchev–Trinajstić information content (AvgIpc) is 2.35. The Labute approximate surface area is 188 Å². The van der Waals surface area contributed by atoms with Gasteiger partial charge in [0.15, 0.2) is 0 Å². The Balaban J connectivity index is 3.52. The van der Waals surface area contributed by atoms with Crippen LogP contribution in [0.4, 0.5) is 0 Å². The van der Waals surface area contributed by atoms with Crippen LogP contribution >= 0.6 is 91.0 Å². The van der Waals surface area contributed by atoms with Crippen molar-refractivity contribution in [2.45, 2.75) is 20.1 Å². The molecule has 130 valence electrons. The lowest BCUT2D eigenvalue weighted by molar-refractivity contribution is -0.159. The predicted octanol–water partition coefficient (Wildman–Crippen LogP) is 4.51. The smallest absolute Gasteiger partial charge is 0.305 e. The number of nitrogens with one attached hydrogen (secondary N) is 1. The van der Waals surface area contributed by atoms with Crippen LogP contribution in [0.5, 0.6) is 0 Å². The molecule has 0 aromatic heterocycles. The van der Waals surface area contributed by atoms with Gasteiger partial charge >= 0.3 is 5.97 Å². The molecule has 6 nitrogen and oxygen atoms in total. The van der Waals surface area contributed by atoms with E-state index in [0.29, 0.717) is 10.7 Å². The lowest BCUT2D eigenvalue weighted by Gasteiger charge is -2.19. The third kappa shape index (κ3) is 5.14. The maximum Gasteiger partial charge on any atom is 0.305 e. The Kier molecular flexibility index (Phi) is 8.62. The van der Waals surface area contributed by atoms with E-state index in [9.17, 15) is 14.4 Å². The van der Waals surface area contributed by atoms with Gasteiger partial charge in [-0.3, -0.25) is 19.8 Å². The summed E-state index contributed by atoms with van der Waals surface area (Å²) < 4.78 is 11.0. The van der Waals surface area contributed by atoms with Crippen molar-refractivity contribution in [2.75, 3.05) is 0 Å². The number of carbonyl (C=O) groups is 3. The zero-order valence-corrected chi connectivity index (χ0v) is 20.0. The summed E-state index contributed by atoms with van der Waals surface area (Å²) in [5.74, 6) is -0.956. The number of carbonyl (C=O) groups excluding carboxylic acids is 3. The zero-order valence-electron chi connectivity index (χ0n) is 12.0. The maximum atomic E-state index is 11.7. The van der Waals surface area contributed by atoms with Gasteiger partial charge < -0.3 is 9.47 Å². The van der Waals surface area contributed by atoms with Gasteiger partial charge in [0.05, 0.1) is 16.7 Å². The van der Waals surface area contributed by atoms with Crippen molar-refractivity contribution in [1.82, 2.24) is 0 Å². The molecule has 0 aliphatic rings. The normalized spacial score (nSPS) is 11.6. The summed E-state index contributed by atoms with van der Waals surface area (Å²) >= 11 is 16.7. The van der Waals surface area contributed by atoms with Crippen LogP contribution in [0.1, 0.15) is 40.1 Å². The molecule has 0 fully saturated rings. The second-order valence-electron chi connectivity index (χ2n) is 4.24. The Morgan fingerprint density at radius 3 is 1.62 bits per heavy atom. The minimum Gasteiger partial charge on any atom is -0.438 e. The van der Waals surface area contributed by atoms with E-state index in [1.165, 1.54) is 13.8 Å². The first kappa shape index (κ1) is 22.3. The number of hydrogen-bond donors (Lipinski definition) is 1. The van der Waals surface area contributed by atoms with Crippen molar-refractivity contribution < 1.29 is 23.9 Å². The van der Waals surface area contributed by atoms with Crippen LogP contribution in [0.2, 0.25) is 0 Å². The van der Waals surface area contributed by atoms with Crippen molar-refractivity contribution in [3.05, 3.63) is 27.4 Å². The highest BCUT2D eigenvalue weighted by Crippen LogP contribution is 2.34. The number of hydrogen-bond acceptors (Lipinski definition) is 6. The van der Waals surface area contributed by atoms with Gasteiger partial charge in [-0.25, -0.2) is 0 Å². The third-order valence-corrected chi connectivity index (χ3v) is 6.17. The first-order chi connectivity index (χ1) is 11.0. The number of halogens is 5. The van der Waals surface area contributed by atoms with Crippen LogP contribution in [0.15, 0.2) is 0 Å². The molecular formula is C13H8Cl2I3NO5. The van der Waals surface area contributed by atoms with Gasteiger partial charge in [-0.05, 0) is 91.0 Å². The van der Waals surface area contributed by atoms with Crippen molar-refractivity contribution >= 4 is 113 Å². The van der Waals surface area contributed by atoms with Gasteiger partial charge in [-0.15, -0.1) is 0 Å². The fourth-order valence-electron chi connectivity index (χ4n) is 1.69. The summed E-state index contributed by atoms with van der Waals surface area (Å²) in [6.07, 6.45) is -1.02. The fourth-order valence-corrected chi connectivity index (χ4v) is 7.34. The molecule has 1 aromatic carbocycles. The van der Waals surface area contributed by atoms with Gasteiger partial charge in [0.1, 0.15) is 0 Å². The molecule has 0 saturated carbocycles. The van der Waals surface area contributed by atoms with Crippen LogP contribution < -0.4 is 0 Å². The molecule has 0 bridgehead atoms.